The summed E-state index contributed by atoms with van der Waals surface area (Å²) in [5.74, 6) is 1.88. The normalized spacial score (nSPS) is 20.2. The standard InChI is InChI=1S/C31H36N4O5S/c1-19-7-10-21(11-8-19)35-30-27(29(33-35)31(2,3)4)28(20-9-12-23-24(14-20)40-18-39-23)41-17-26(37)34(30)16-25(36)32-15-22-6-5-13-38-22/h7-12,14,22,28H,5-6,13,15-18H2,1-4H3,(H,32,36)/t22-,28+/m1/s1. The van der Waals surface area contributed by atoms with Crippen LogP contribution in [0.1, 0.15) is 61.2 Å². The van der Waals surface area contributed by atoms with Gasteiger partial charge in [-0.2, -0.15) is 5.10 Å². The number of aryl methyl sites for hydroxylation is 1. The van der Waals surface area contributed by atoms with Gasteiger partial charge in [0.25, 0.3) is 0 Å². The van der Waals surface area contributed by atoms with E-state index >= 15 is 0 Å². The molecule has 41 heavy (non-hydrogen) atoms. The largest absolute Gasteiger partial charge is 0.454 e. The number of thioether (sulfide) groups is 1. The van der Waals surface area contributed by atoms with Gasteiger partial charge in [0.2, 0.25) is 18.6 Å². The van der Waals surface area contributed by atoms with E-state index in [0.29, 0.717) is 23.9 Å². The van der Waals surface area contributed by atoms with Crippen LogP contribution in [0.5, 0.6) is 11.5 Å². The van der Waals surface area contributed by atoms with Crippen LogP contribution in [-0.4, -0.2) is 59.9 Å². The van der Waals surface area contributed by atoms with Gasteiger partial charge in [0, 0.05) is 24.1 Å². The molecule has 10 heteroatoms. The molecule has 2 atom stereocenters. The van der Waals surface area contributed by atoms with E-state index in [4.69, 9.17) is 19.3 Å². The number of rotatable bonds is 6. The van der Waals surface area contributed by atoms with Crippen molar-refractivity contribution in [1.82, 2.24) is 15.1 Å². The van der Waals surface area contributed by atoms with Crippen LogP contribution in [0, 0.1) is 6.92 Å². The SMILES string of the molecule is Cc1ccc(-n2nc(C(C)(C)C)c3c2N(CC(=O)NC[C@H]2CCCO2)C(=O)CS[C@H]3c2ccc3c(c2)OCO3)cc1. The first-order chi connectivity index (χ1) is 19.7. The lowest BCUT2D eigenvalue weighted by Crippen LogP contribution is -2.44. The van der Waals surface area contributed by atoms with Crippen molar-refractivity contribution in [2.45, 2.75) is 57.3 Å². The highest BCUT2D eigenvalue weighted by atomic mass is 32.2. The number of fused-ring (bicyclic) bond motifs is 2. The number of nitrogens with one attached hydrogen (secondary N) is 1. The number of benzene rings is 2. The van der Waals surface area contributed by atoms with Crippen LogP contribution in [0.3, 0.4) is 0 Å². The maximum absolute atomic E-state index is 13.8. The molecule has 1 N–H and O–H groups in total. The second-order valence-corrected chi connectivity index (χ2v) is 12.9. The minimum atomic E-state index is -0.337. The van der Waals surface area contributed by atoms with Crippen molar-refractivity contribution in [3.05, 3.63) is 64.8 Å². The van der Waals surface area contributed by atoms with E-state index in [-0.39, 0.29) is 47.7 Å². The summed E-state index contributed by atoms with van der Waals surface area (Å²) in [5, 5.41) is 7.94. The molecule has 0 bridgehead atoms. The molecule has 1 aromatic heterocycles. The molecule has 1 saturated heterocycles. The average molecular weight is 577 g/mol. The van der Waals surface area contributed by atoms with Crippen molar-refractivity contribution < 1.29 is 23.8 Å². The quantitative estimate of drug-likeness (QED) is 0.456. The molecule has 9 nitrogen and oxygen atoms in total. The third-order valence-electron chi connectivity index (χ3n) is 7.63. The Kier molecular flexibility index (Phi) is 7.46. The Balaban J connectivity index is 1.48. The van der Waals surface area contributed by atoms with Gasteiger partial charge in [-0.15, -0.1) is 11.8 Å². The zero-order valence-electron chi connectivity index (χ0n) is 23.9. The fraction of sp³-hybridized carbons (Fsp3) is 0.452. The monoisotopic (exact) mass is 576 g/mol. The average Bonchev–Trinajstić information content (AvgIpc) is 3.69. The summed E-state index contributed by atoms with van der Waals surface area (Å²) in [4.78, 5) is 28.7. The van der Waals surface area contributed by atoms with Crippen molar-refractivity contribution in [3.63, 3.8) is 0 Å². The van der Waals surface area contributed by atoms with Gasteiger partial charge < -0.3 is 19.5 Å². The van der Waals surface area contributed by atoms with Gasteiger partial charge in [0.1, 0.15) is 12.4 Å². The number of hydrogen-bond acceptors (Lipinski definition) is 7. The number of ether oxygens (including phenoxy) is 3. The molecule has 2 amide bonds. The van der Waals surface area contributed by atoms with Crippen LogP contribution in [0.25, 0.3) is 5.69 Å². The summed E-state index contributed by atoms with van der Waals surface area (Å²) >= 11 is 1.55. The zero-order chi connectivity index (χ0) is 28.7. The van der Waals surface area contributed by atoms with E-state index in [1.54, 1.807) is 16.7 Å². The third kappa shape index (κ3) is 5.55. The Hall–Kier alpha value is -3.50. The van der Waals surface area contributed by atoms with E-state index in [2.05, 4.69) is 26.1 Å². The van der Waals surface area contributed by atoms with Crippen molar-refractivity contribution in [2.24, 2.45) is 0 Å². The fourth-order valence-electron chi connectivity index (χ4n) is 5.51. The van der Waals surface area contributed by atoms with Crippen LogP contribution in [0.4, 0.5) is 5.82 Å². The smallest absolute Gasteiger partial charge is 0.240 e. The summed E-state index contributed by atoms with van der Waals surface area (Å²) in [6.45, 7) is 9.66. The van der Waals surface area contributed by atoms with Crippen LogP contribution in [0.15, 0.2) is 42.5 Å². The Morgan fingerprint density at radius 2 is 1.90 bits per heavy atom. The molecule has 0 radical (unpaired) electrons. The molecule has 3 aromatic rings. The molecular weight excluding hydrogens is 540 g/mol. The Morgan fingerprint density at radius 3 is 2.63 bits per heavy atom. The van der Waals surface area contributed by atoms with Crippen LogP contribution < -0.4 is 19.7 Å². The first-order valence-corrected chi connectivity index (χ1v) is 15.1. The summed E-state index contributed by atoms with van der Waals surface area (Å²) in [6, 6.07) is 14.0. The van der Waals surface area contributed by atoms with Crippen LogP contribution >= 0.6 is 11.8 Å². The molecule has 0 spiro atoms. The Bertz CT molecular complexity index is 1460. The minimum Gasteiger partial charge on any atom is -0.454 e. The van der Waals surface area contributed by atoms with E-state index in [1.807, 2.05) is 54.1 Å². The van der Waals surface area contributed by atoms with E-state index in [9.17, 15) is 9.59 Å². The Labute approximate surface area is 244 Å². The maximum Gasteiger partial charge on any atom is 0.240 e. The first-order valence-electron chi connectivity index (χ1n) is 14.1. The van der Waals surface area contributed by atoms with Gasteiger partial charge in [0.05, 0.1) is 28.5 Å². The van der Waals surface area contributed by atoms with Crippen molar-refractivity contribution in [2.75, 3.05) is 37.1 Å². The summed E-state index contributed by atoms with van der Waals surface area (Å²) in [7, 11) is 0. The third-order valence-corrected chi connectivity index (χ3v) is 8.88. The number of nitrogens with zero attached hydrogens (tertiary/aromatic N) is 3. The molecule has 2 aromatic carbocycles. The molecule has 216 valence electrons. The highest BCUT2D eigenvalue weighted by Crippen LogP contribution is 2.49. The molecule has 1 fully saturated rings. The summed E-state index contributed by atoms with van der Waals surface area (Å²) in [5.41, 5.74) is 4.42. The number of anilines is 1. The van der Waals surface area contributed by atoms with Crippen molar-refractivity contribution in [1.29, 1.82) is 0 Å². The molecule has 0 aliphatic carbocycles. The Morgan fingerprint density at radius 1 is 1.12 bits per heavy atom. The molecular formula is C31H36N4O5S. The summed E-state index contributed by atoms with van der Waals surface area (Å²) in [6.07, 6.45) is 1.94. The fourth-order valence-corrected chi connectivity index (χ4v) is 6.70. The number of carbonyl (C=O) groups is 2. The number of aromatic nitrogens is 2. The highest BCUT2D eigenvalue weighted by molar-refractivity contribution is 8.00. The molecule has 0 unspecified atom stereocenters. The second-order valence-electron chi connectivity index (χ2n) is 11.8. The molecule has 0 saturated carbocycles. The van der Waals surface area contributed by atoms with Crippen LogP contribution in [-0.2, 0) is 19.7 Å². The predicted molar refractivity (Wildman–Crippen MR) is 158 cm³/mol. The lowest BCUT2D eigenvalue weighted by Gasteiger charge is -2.25. The van der Waals surface area contributed by atoms with Gasteiger partial charge in [0.15, 0.2) is 11.5 Å². The number of carbonyl (C=O) groups excluding carboxylic acids is 2. The molecule has 3 aliphatic heterocycles. The van der Waals surface area contributed by atoms with Crippen molar-refractivity contribution in [3.8, 4) is 17.2 Å². The van der Waals surface area contributed by atoms with Crippen molar-refractivity contribution >= 4 is 29.4 Å². The van der Waals surface area contributed by atoms with E-state index in [1.165, 1.54) is 0 Å². The van der Waals surface area contributed by atoms with E-state index < -0.39 is 0 Å². The topological polar surface area (TPSA) is 94.9 Å². The summed E-state index contributed by atoms with van der Waals surface area (Å²) < 4.78 is 18.8. The van der Waals surface area contributed by atoms with Gasteiger partial charge in [-0.05, 0) is 49.6 Å². The lowest BCUT2D eigenvalue weighted by molar-refractivity contribution is -0.123. The first kappa shape index (κ1) is 27.7. The predicted octanol–water partition coefficient (Wildman–Crippen LogP) is 4.67. The zero-order valence-corrected chi connectivity index (χ0v) is 24.8. The number of amides is 2. The van der Waals surface area contributed by atoms with Gasteiger partial charge in [-0.1, -0.05) is 44.5 Å². The second kappa shape index (κ2) is 11.1. The lowest BCUT2D eigenvalue weighted by atomic mass is 9.87. The molecule has 4 heterocycles. The minimum absolute atomic E-state index is 0.0193. The maximum atomic E-state index is 13.8. The van der Waals surface area contributed by atoms with Gasteiger partial charge in [-0.3, -0.25) is 14.5 Å². The molecule has 6 rings (SSSR count). The van der Waals surface area contributed by atoms with Gasteiger partial charge in [-0.25, -0.2) is 4.68 Å². The molecule has 3 aliphatic rings. The van der Waals surface area contributed by atoms with E-state index in [0.717, 1.165) is 47.5 Å². The number of hydrogen-bond donors (Lipinski definition) is 1. The van der Waals surface area contributed by atoms with Crippen LogP contribution in [0.2, 0.25) is 0 Å². The highest BCUT2D eigenvalue weighted by Gasteiger charge is 2.40. The van der Waals surface area contributed by atoms with Gasteiger partial charge >= 0.3 is 0 Å².